The van der Waals surface area contributed by atoms with Gasteiger partial charge in [-0.2, -0.15) is 0 Å². The van der Waals surface area contributed by atoms with Gasteiger partial charge in [0.15, 0.2) is 5.78 Å². The van der Waals surface area contributed by atoms with E-state index in [1.165, 1.54) is 57.8 Å². The maximum atomic E-state index is 12.7. The Labute approximate surface area is 143 Å². The largest absolute Gasteiger partial charge is 0.298 e. The van der Waals surface area contributed by atoms with Crippen molar-refractivity contribution in [1.29, 1.82) is 0 Å². The Morgan fingerprint density at radius 3 is 2.62 bits per heavy atom. The number of rotatable bonds is 0. The monoisotopic (exact) mass is 400 g/mol. The topological polar surface area (TPSA) is 17.1 Å². The normalized spacial score (nSPS) is 56.5. The molecule has 1 nitrogen and oxygen atoms in total. The highest BCUT2D eigenvalue weighted by Crippen LogP contribution is 2.65. The smallest absolute Gasteiger partial charge is 0.151 e. The van der Waals surface area contributed by atoms with E-state index in [2.05, 4.69) is 36.4 Å². The Morgan fingerprint density at radius 2 is 1.81 bits per heavy atom. The summed E-state index contributed by atoms with van der Waals surface area (Å²) in [5.41, 5.74) is 0.639. The predicted octanol–water partition coefficient (Wildman–Crippen LogP) is 5.40. The Balaban J connectivity index is 1.67. The van der Waals surface area contributed by atoms with Gasteiger partial charge in [-0.15, -0.1) is 0 Å². The molecule has 0 amide bonds. The molecule has 4 saturated carbocycles. The van der Waals surface area contributed by atoms with Crippen LogP contribution in [-0.4, -0.2) is 9.71 Å². The number of alkyl halides is 1. The van der Waals surface area contributed by atoms with Gasteiger partial charge in [-0.3, -0.25) is 4.79 Å². The average Bonchev–Trinajstić information content (AvgIpc) is 2.70. The van der Waals surface area contributed by atoms with Gasteiger partial charge in [0.2, 0.25) is 0 Å². The van der Waals surface area contributed by atoms with E-state index in [-0.39, 0.29) is 5.41 Å². The lowest BCUT2D eigenvalue weighted by Gasteiger charge is -2.59. The molecule has 118 valence electrons. The molecule has 0 heterocycles. The van der Waals surface area contributed by atoms with Crippen molar-refractivity contribution >= 4 is 28.4 Å². The molecule has 2 heteroatoms. The van der Waals surface area contributed by atoms with Gasteiger partial charge in [0.05, 0.1) is 3.92 Å². The molecule has 4 fully saturated rings. The maximum absolute atomic E-state index is 12.7. The first kappa shape index (κ1) is 15.0. The number of Topliss-reactive ketones (excluding diaryl/α,β-unsaturated/α-hetero) is 1. The van der Waals surface area contributed by atoms with Gasteiger partial charge in [-0.05, 0) is 74.0 Å². The first-order chi connectivity index (χ1) is 9.97. The molecule has 7 atom stereocenters. The SMILES string of the molecule is C[C@]12CCCC[C@@H]1CC[C@@H]1[C@@H]2CC[C@]2(C)C(=O)[C@@H](I)C[C@@H]12. The van der Waals surface area contributed by atoms with Gasteiger partial charge < -0.3 is 0 Å². The molecule has 0 aromatic heterocycles. The first-order valence-electron chi connectivity index (χ1n) is 9.15. The average molecular weight is 400 g/mol. The molecule has 0 aromatic rings. The summed E-state index contributed by atoms with van der Waals surface area (Å²) in [5, 5.41) is 0. The van der Waals surface area contributed by atoms with Crippen LogP contribution in [0.1, 0.15) is 71.6 Å². The van der Waals surface area contributed by atoms with Crippen molar-refractivity contribution in [3.05, 3.63) is 0 Å². The van der Waals surface area contributed by atoms with Crippen LogP contribution in [-0.2, 0) is 4.79 Å². The van der Waals surface area contributed by atoms with Crippen molar-refractivity contribution in [2.45, 2.75) is 75.6 Å². The third-order valence-corrected chi connectivity index (χ3v) is 9.36. The standard InChI is InChI=1S/C19H29IO/c1-18-9-4-3-5-12(18)6-7-13-14(18)8-10-19(2)15(13)11-16(20)17(19)21/h12-16H,3-11H2,1-2H3/t12-,13-,14+,15+,16+,18+,19+/m1/s1. The number of hydrogen-bond acceptors (Lipinski definition) is 1. The quantitative estimate of drug-likeness (QED) is 0.393. The van der Waals surface area contributed by atoms with Crippen LogP contribution in [0.2, 0.25) is 0 Å². The molecule has 0 unspecified atom stereocenters. The van der Waals surface area contributed by atoms with E-state index in [4.69, 9.17) is 0 Å². The molecule has 0 radical (unpaired) electrons. The minimum Gasteiger partial charge on any atom is -0.298 e. The molecule has 4 aliphatic rings. The number of carbonyl (C=O) groups is 1. The van der Waals surface area contributed by atoms with E-state index in [9.17, 15) is 4.79 Å². The number of carbonyl (C=O) groups excluding carboxylic acids is 1. The van der Waals surface area contributed by atoms with E-state index < -0.39 is 0 Å². The Morgan fingerprint density at radius 1 is 1.00 bits per heavy atom. The van der Waals surface area contributed by atoms with Gasteiger partial charge in [0, 0.05) is 5.41 Å². The van der Waals surface area contributed by atoms with Gasteiger partial charge in [-0.25, -0.2) is 0 Å². The van der Waals surface area contributed by atoms with E-state index >= 15 is 0 Å². The number of hydrogen-bond donors (Lipinski definition) is 0. The lowest BCUT2D eigenvalue weighted by Crippen LogP contribution is -2.52. The predicted molar refractivity (Wildman–Crippen MR) is 94.5 cm³/mol. The molecular weight excluding hydrogens is 371 g/mol. The minimum absolute atomic E-state index is 0.0326. The Kier molecular flexibility index (Phi) is 3.52. The van der Waals surface area contributed by atoms with E-state index in [0.29, 0.717) is 21.0 Å². The molecule has 4 aliphatic carbocycles. The summed E-state index contributed by atoms with van der Waals surface area (Å²) < 4.78 is 0.299. The molecule has 0 saturated heterocycles. The van der Waals surface area contributed by atoms with Gasteiger partial charge in [0.1, 0.15) is 0 Å². The summed E-state index contributed by atoms with van der Waals surface area (Å²) in [6.07, 6.45) is 12.4. The molecule has 0 N–H and O–H groups in total. The third-order valence-electron chi connectivity index (χ3n) is 8.28. The molecular formula is C19H29IO. The van der Waals surface area contributed by atoms with E-state index in [0.717, 1.165) is 17.8 Å². The zero-order valence-electron chi connectivity index (χ0n) is 13.5. The van der Waals surface area contributed by atoms with Gasteiger partial charge in [-0.1, -0.05) is 49.3 Å². The summed E-state index contributed by atoms with van der Waals surface area (Å²) in [6.45, 7) is 4.93. The molecule has 21 heavy (non-hydrogen) atoms. The van der Waals surface area contributed by atoms with Crippen molar-refractivity contribution in [1.82, 2.24) is 0 Å². The summed E-state index contributed by atoms with van der Waals surface area (Å²) in [5.74, 6) is 4.05. The molecule has 0 bridgehead atoms. The molecule has 0 aromatic carbocycles. The van der Waals surface area contributed by atoms with Crippen LogP contribution < -0.4 is 0 Å². The zero-order valence-corrected chi connectivity index (χ0v) is 15.7. The van der Waals surface area contributed by atoms with Crippen LogP contribution in [0.25, 0.3) is 0 Å². The second-order valence-corrected chi connectivity index (χ2v) is 10.4. The van der Waals surface area contributed by atoms with Crippen LogP contribution in [0, 0.1) is 34.5 Å². The van der Waals surface area contributed by atoms with Crippen molar-refractivity contribution < 1.29 is 4.79 Å². The van der Waals surface area contributed by atoms with Gasteiger partial charge in [0.25, 0.3) is 0 Å². The number of halogens is 1. The fraction of sp³-hybridized carbons (Fsp3) is 0.947. The summed E-state index contributed by atoms with van der Waals surface area (Å²) in [7, 11) is 0. The molecule has 0 spiro atoms. The van der Waals surface area contributed by atoms with Gasteiger partial charge >= 0.3 is 0 Å². The maximum Gasteiger partial charge on any atom is 0.151 e. The fourth-order valence-corrected chi connectivity index (χ4v) is 8.30. The zero-order chi connectivity index (χ0) is 14.8. The van der Waals surface area contributed by atoms with Crippen molar-refractivity contribution in [2.75, 3.05) is 0 Å². The highest BCUT2D eigenvalue weighted by molar-refractivity contribution is 14.1. The second kappa shape index (κ2) is 4.95. The van der Waals surface area contributed by atoms with Crippen LogP contribution >= 0.6 is 22.6 Å². The summed E-state index contributed by atoms with van der Waals surface area (Å²) >= 11 is 2.43. The minimum atomic E-state index is 0.0326. The fourth-order valence-electron chi connectivity index (χ4n) is 7.04. The molecule has 4 rings (SSSR count). The Hall–Kier alpha value is 0.400. The highest BCUT2D eigenvalue weighted by atomic mass is 127. The van der Waals surface area contributed by atoms with Crippen molar-refractivity contribution in [3.8, 4) is 0 Å². The lowest BCUT2D eigenvalue weighted by atomic mass is 9.45. The lowest BCUT2D eigenvalue weighted by molar-refractivity contribution is -0.138. The molecule has 0 aliphatic heterocycles. The van der Waals surface area contributed by atoms with E-state index in [1.807, 2.05) is 0 Å². The highest BCUT2D eigenvalue weighted by Gasteiger charge is 2.61. The van der Waals surface area contributed by atoms with Crippen LogP contribution in [0.15, 0.2) is 0 Å². The van der Waals surface area contributed by atoms with Crippen LogP contribution in [0.5, 0.6) is 0 Å². The van der Waals surface area contributed by atoms with Crippen molar-refractivity contribution in [2.24, 2.45) is 34.5 Å². The first-order valence-corrected chi connectivity index (χ1v) is 10.4. The summed E-state index contributed by atoms with van der Waals surface area (Å²) in [6, 6.07) is 0. The number of ketones is 1. The third kappa shape index (κ3) is 1.96. The number of fused-ring (bicyclic) bond motifs is 5. The summed E-state index contributed by atoms with van der Waals surface area (Å²) in [4.78, 5) is 12.7. The van der Waals surface area contributed by atoms with E-state index in [1.54, 1.807) is 0 Å². The van der Waals surface area contributed by atoms with Crippen molar-refractivity contribution in [3.63, 3.8) is 0 Å². The second-order valence-electron chi connectivity index (χ2n) is 8.93. The van der Waals surface area contributed by atoms with Crippen LogP contribution in [0.3, 0.4) is 0 Å². The van der Waals surface area contributed by atoms with Crippen LogP contribution in [0.4, 0.5) is 0 Å². The Bertz CT molecular complexity index is 460.